The molecule has 1 N–H and O–H groups in total. The van der Waals surface area contributed by atoms with Crippen LogP contribution in [0.2, 0.25) is 0 Å². The number of hydrogen-bond donors (Lipinski definition) is 1. The summed E-state index contributed by atoms with van der Waals surface area (Å²) in [6.07, 6.45) is 5.61. The monoisotopic (exact) mass is 235 g/mol. The molecule has 1 aliphatic carbocycles. The lowest BCUT2D eigenvalue weighted by molar-refractivity contribution is 0.0400. The number of nitrogens with zero attached hydrogens (tertiary/aromatic N) is 2. The van der Waals surface area contributed by atoms with Crippen LogP contribution in [0.1, 0.15) is 51.6 Å². The van der Waals surface area contributed by atoms with Crippen molar-refractivity contribution in [2.75, 3.05) is 6.54 Å². The van der Waals surface area contributed by atoms with Crippen LogP contribution in [0, 0.1) is 5.41 Å². The molecular weight excluding hydrogens is 210 g/mol. The van der Waals surface area contributed by atoms with E-state index in [0.717, 1.165) is 6.54 Å². The van der Waals surface area contributed by atoms with Crippen molar-refractivity contribution in [3.05, 3.63) is 18.0 Å². The Kier molecular flexibility index (Phi) is 3.57. The third kappa shape index (κ3) is 2.01. The van der Waals surface area contributed by atoms with Gasteiger partial charge in [0.1, 0.15) is 0 Å². The van der Waals surface area contributed by atoms with Crippen LogP contribution in [0.5, 0.6) is 0 Å². The number of hydrogen-bond acceptors (Lipinski definition) is 2. The Balaban J connectivity index is 2.10. The number of rotatable bonds is 5. The molecule has 0 saturated heterocycles. The van der Waals surface area contributed by atoms with Gasteiger partial charge in [0, 0.05) is 30.9 Å². The summed E-state index contributed by atoms with van der Waals surface area (Å²) in [7, 11) is 2.05. The summed E-state index contributed by atoms with van der Waals surface area (Å²) < 4.78 is 2.04. The van der Waals surface area contributed by atoms with E-state index in [1.807, 2.05) is 10.9 Å². The Morgan fingerprint density at radius 1 is 1.53 bits per heavy atom. The van der Waals surface area contributed by atoms with Gasteiger partial charge in [0.25, 0.3) is 0 Å². The summed E-state index contributed by atoms with van der Waals surface area (Å²) in [4.78, 5) is 0. The van der Waals surface area contributed by atoms with E-state index in [4.69, 9.17) is 0 Å². The molecule has 0 spiro atoms. The molecule has 2 rings (SSSR count). The highest BCUT2D eigenvalue weighted by atomic mass is 15.3. The van der Waals surface area contributed by atoms with E-state index in [0.29, 0.717) is 17.4 Å². The minimum Gasteiger partial charge on any atom is -0.313 e. The standard InChI is InChI=1S/C14H25N3/c1-5-8-15-13-10-11(14(13,3)6-2)12-7-9-16-17(12)4/h7,9,11,13,15H,5-6,8,10H2,1-4H3. The van der Waals surface area contributed by atoms with Crippen LogP contribution in [-0.2, 0) is 7.05 Å². The van der Waals surface area contributed by atoms with Crippen LogP contribution in [0.25, 0.3) is 0 Å². The number of aromatic nitrogens is 2. The van der Waals surface area contributed by atoms with Gasteiger partial charge < -0.3 is 5.32 Å². The van der Waals surface area contributed by atoms with Crippen LogP contribution in [0.3, 0.4) is 0 Å². The largest absolute Gasteiger partial charge is 0.313 e. The summed E-state index contributed by atoms with van der Waals surface area (Å²) in [6.45, 7) is 8.09. The van der Waals surface area contributed by atoms with E-state index in [1.54, 1.807) is 0 Å². The van der Waals surface area contributed by atoms with Crippen LogP contribution >= 0.6 is 0 Å². The smallest absolute Gasteiger partial charge is 0.0492 e. The molecule has 1 aliphatic rings. The van der Waals surface area contributed by atoms with Crippen molar-refractivity contribution >= 4 is 0 Å². The van der Waals surface area contributed by atoms with E-state index in [9.17, 15) is 0 Å². The van der Waals surface area contributed by atoms with Crippen molar-refractivity contribution in [3.8, 4) is 0 Å². The predicted molar refractivity (Wildman–Crippen MR) is 71.0 cm³/mol. The van der Waals surface area contributed by atoms with Gasteiger partial charge in [0.2, 0.25) is 0 Å². The van der Waals surface area contributed by atoms with Crippen molar-refractivity contribution in [2.24, 2.45) is 12.5 Å². The quantitative estimate of drug-likeness (QED) is 0.850. The second-order valence-electron chi connectivity index (χ2n) is 5.53. The SMILES string of the molecule is CCCNC1CC(c2ccnn2C)C1(C)CC. The normalized spacial score (nSPS) is 32.5. The van der Waals surface area contributed by atoms with Gasteiger partial charge in [0.15, 0.2) is 0 Å². The molecule has 3 heteroatoms. The number of nitrogens with one attached hydrogen (secondary N) is 1. The van der Waals surface area contributed by atoms with Crippen molar-refractivity contribution < 1.29 is 0 Å². The Bertz CT molecular complexity index is 371. The first kappa shape index (κ1) is 12.6. The van der Waals surface area contributed by atoms with E-state index < -0.39 is 0 Å². The minimum atomic E-state index is 0.392. The summed E-state index contributed by atoms with van der Waals surface area (Å²) in [5.41, 5.74) is 1.78. The Morgan fingerprint density at radius 3 is 2.82 bits per heavy atom. The Labute approximate surface area is 105 Å². The molecule has 0 aromatic carbocycles. The molecule has 0 bridgehead atoms. The first-order chi connectivity index (χ1) is 8.13. The topological polar surface area (TPSA) is 29.9 Å². The van der Waals surface area contributed by atoms with Gasteiger partial charge in [-0.05, 0) is 37.3 Å². The van der Waals surface area contributed by atoms with Crippen molar-refractivity contribution in [2.45, 2.75) is 52.0 Å². The van der Waals surface area contributed by atoms with E-state index in [1.165, 1.54) is 25.0 Å². The second kappa shape index (κ2) is 4.81. The maximum Gasteiger partial charge on any atom is 0.0492 e. The van der Waals surface area contributed by atoms with Crippen molar-refractivity contribution in [3.63, 3.8) is 0 Å². The van der Waals surface area contributed by atoms with Crippen LogP contribution in [-0.4, -0.2) is 22.4 Å². The average Bonchev–Trinajstić information content (AvgIpc) is 2.73. The highest BCUT2D eigenvalue weighted by molar-refractivity contribution is 5.21. The molecule has 96 valence electrons. The van der Waals surface area contributed by atoms with E-state index in [2.05, 4.69) is 44.3 Å². The van der Waals surface area contributed by atoms with E-state index in [-0.39, 0.29) is 0 Å². The zero-order valence-corrected chi connectivity index (χ0v) is 11.5. The number of aryl methyl sites for hydroxylation is 1. The summed E-state index contributed by atoms with van der Waals surface area (Å²) in [5.74, 6) is 0.661. The fourth-order valence-corrected chi connectivity index (χ4v) is 3.17. The third-order valence-corrected chi connectivity index (χ3v) is 4.68. The molecule has 1 aromatic heterocycles. The third-order valence-electron chi connectivity index (χ3n) is 4.68. The second-order valence-corrected chi connectivity index (χ2v) is 5.53. The molecule has 17 heavy (non-hydrogen) atoms. The van der Waals surface area contributed by atoms with Gasteiger partial charge in [-0.2, -0.15) is 5.10 Å². The highest BCUT2D eigenvalue weighted by Gasteiger charge is 2.51. The molecule has 3 nitrogen and oxygen atoms in total. The average molecular weight is 235 g/mol. The molecule has 0 aliphatic heterocycles. The van der Waals surface area contributed by atoms with Crippen LogP contribution < -0.4 is 5.32 Å². The zero-order valence-electron chi connectivity index (χ0n) is 11.5. The van der Waals surface area contributed by atoms with Crippen molar-refractivity contribution in [1.29, 1.82) is 0 Å². The Morgan fingerprint density at radius 2 is 2.29 bits per heavy atom. The first-order valence-electron chi connectivity index (χ1n) is 6.84. The lowest BCUT2D eigenvalue weighted by Gasteiger charge is -2.54. The first-order valence-corrected chi connectivity index (χ1v) is 6.84. The maximum absolute atomic E-state index is 4.30. The summed E-state index contributed by atoms with van der Waals surface area (Å²) in [6, 6.07) is 2.85. The van der Waals surface area contributed by atoms with Gasteiger partial charge in [-0.1, -0.05) is 20.8 Å². The van der Waals surface area contributed by atoms with Gasteiger partial charge in [-0.25, -0.2) is 0 Å². The van der Waals surface area contributed by atoms with Gasteiger partial charge in [-0.15, -0.1) is 0 Å². The molecule has 1 heterocycles. The molecule has 0 radical (unpaired) electrons. The fourth-order valence-electron chi connectivity index (χ4n) is 3.17. The lowest BCUT2D eigenvalue weighted by Crippen LogP contribution is -2.57. The summed E-state index contributed by atoms with van der Waals surface area (Å²) in [5, 5.41) is 7.99. The lowest BCUT2D eigenvalue weighted by atomic mass is 9.55. The molecule has 3 atom stereocenters. The van der Waals surface area contributed by atoms with E-state index >= 15 is 0 Å². The van der Waals surface area contributed by atoms with Gasteiger partial charge >= 0.3 is 0 Å². The minimum absolute atomic E-state index is 0.392. The molecule has 3 unspecified atom stereocenters. The molecule has 1 fully saturated rings. The van der Waals surface area contributed by atoms with Crippen LogP contribution in [0.15, 0.2) is 12.3 Å². The molecular formula is C14H25N3. The summed E-state index contributed by atoms with van der Waals surface area (Å²) >= 11 is 0. The molecule has 0 amide bonds. The zero-order chi connectivity index (χ0) is 12.5. The highest BCUT2D eigenvalue weighted by Crippen LogP contribution is 2.54. The van der Waals surface area contributed by atoms with Gasteiger partial charge in [-0.3, -0.25) is 4.68 Å². The van der Waals surface area contributed by atoms with Crippen molar-refractivity contribution in [1.82, 2.24) is 15.1 Å². The van der Waals surface area contributed by atoms with Gasteiger partial charge in [0.05, 0.1) is 0 Å². The molecule has 1 aromatic rings. The predicted octanol–water partition coefficient (Wildman–Crippen LogP) is 2.69. The molecule has 1 saturated carbocycles. The maximum atomic E-state index is 4.30. The van der Waals surface area contributed by atoms with Crippen LogP contribution in [0.4, 0.5) is 0 Å². The fraction of sp³-hybridized carbons (Fsp3) is 0.786. The Hall–Kier alpha value is -0.830.